The number of sulfonamides is 1. The van der Waals surface area contributed by atoms with Crippen LogP contribution in [0, 0.1) is 12.8 Å². The van der Waals surface area contributed by atoms with E-state index in [1.54, 1.807) is 11.2 Å². The molecule has 0 aromatic carbocycles. The minimum absolute atomic E-state index is 0.355. The van der Waals surface area contributed by atoms with E-state index in [0.717, 1.165) is 19.4 Å². The van der Waals surface area contributed by atoms with E-state index in [2.05, 4.69) is 22.4 Å². The van der Waals surface area contributed by atoms with Gasteiger partial charge in [-0.3, -0.25) is 5.10 Å². The first-order valence-electron chi connectivity index (χ1n) is 7.21. The summed E-state index contributed by atoms with van der Waals surface area (Å²) in [6.07, 6.45) is 1.86. The molecule has 2 heterocycles. The van der Waals surface area contributed by atoms with Crippen LogP contribution in [-0.2, 0) is 16.6 Å². The summed E-state index contributed by atoms with van der Waals surface area (Å²) in [7, 11) is -3.43. The quantitative estimate of drug-likeness (QED) is 0.858. The largest absolute Gasteiger partial charge is 0.311 e. The highest BCUT2D eigenvalue weighted by molar-refractivity contribution is 7.89. The number of aromatic nitrogens is 2. The van der Waals surface area contributed by atoms with E-state index in [4.69, 9.17) is 0 Å². The summed E-state index contributed by atoms with van der Waals surface area (Å²) in [6.45, 7) is 8.39. The van der Waals surface area contributed by atoms with Gasteiger partial charge in [0.1, 0.15) is 4.90 Å². The maximum atomic E-state index is 12.8. The zero-order valence-electron chi connectivity index (χ0n) is 12.4. The molecular weight excluding hydrogens is 276 g/mol. The Hall–Kier alpha value is -0.920. The summed E-state index contributed by atoms with van der Waals surface area (Å²) in [5.41, 5.74) is 1.21. The maximum absolute atomic E-state index is 12.8. The summed E-state index contributed by atoms with van der Waals surface area (Å²) in [4.78, 5) is 0.355. The molecule has 1 fully saturated rings. The molecule has 7 heteroatoms. The number of aryl methyl sites for hydroxylation is 1. The van der Waals surface area contributed by atoms with Crippen LogP contribution >= 0.6 is 0 Å². The number of hydrogen-bond donors (Lipinski definition) is 2. The molecule has 2 rings (SSSR count). The number of piperidine rings is 1. The molecule has 6 nitrogen and oxygen atoms in total. The third-order valence-corrected chi connectivity index (χ3v) is 5.95. The Morgan fingerprint density at radius 3 is 2.65 bits per heavy atom. The second-order valence-corrected chi connectivity index (χ2v) is 7.37. The fourth-order valence-electron chi connectivity index (χ4n) is 2.53. The summed E-state index contributed by atoms with van der Waals surface area (Å²) in [5.74, 6) is 0.605. The molecule has 20 heavy (non-hydrogen) atoms. The second kappa shape index (κ2) is 6.24. The number of rotatable bonds is 5. The highest BCUT2D eigenvalue weighted by atomic mass is 32.2. The van der Waals surface area contributed by atoms with Crippen molar-refractivity contribution in [1.29, 1.82) is 0 Å². The van der Waals surface area contributed by atoms with Gasteiger partial charge in [-0.05, 0) is 32.2 Å². The standard InChI is InChI=1S/C13H24N4O2S/c1-4-14-9-12-13(11(3)15-16-12)20(18,19)17-7-5-10(2)6-8-17/h10,14H,4-9H2,1-3H3,(H,15,16). The van der Waals surface area contributed by atoms with Crippen molar-refractivity contribution >= 4 is 10.0 Å². The Balaban J connectivity index is 2.27. The minimum atomic E-state index is -3.43. The summed E-state index contributed by atoms with van der Waals surface area (Å²) in [5, 5.41) is 10.1. The highest BCUT2D eigenvalue weighted by Gasteiger charge is 2.32. The lowest BCUT2D eigenvalue weighted by Crippen LogP contribution is -2.38. The molecule has 1 saturated heterocycles. The lowest BCUT2D eigenvalue weighted by Gasteiger charge is -2.29. The van der Waals surface area contributed by atoms with Crippen molar-refractivity contribution in [2.24, 2.45) is 5.92 Å². The molecule has 0 unspecified atom stereocenters. The predicted octanol–water partition coefficient (Wildman–Crippen LogP) is 1.25. The monoisotopic (exact) mass is 300 g/mol. The zero-order valence-corrected chi connectivity index (χ0v) is 13.3. The van der Waals surface area contributed by atoms with Crippen LogP contribution in [-0.4, -0.2) is 42.6 Å². The molecule has 0 bridgehead atoms. The normalized spacial score (nSPS) is 18.6. The van der Waals surface area contributed by atoms with Crippen LogP contribution in [0.25, 0.3) is 0 Å². The maximum Gasteiger partial charge on any atom is 0.246 e. The van der Waals surface area contributed by atoms with Crippen LogP contribution in [0.1, 0.15) is 38.1 Å². The molecule has 0 atom stereocenters. The number of hydrogen-bond acceptors (Lipinski definition) is 4. The number of H-pyrrole nitrogens is 1. The van der Waals surface area contributed by atoms with Gasteiger partial charge in [-0.15, -0.1) is 0 Å². The van der Waals surface area contributed by atoms with Crippen molar-refractivity contribution in [3.8, 4) is 0 Å². The first-order valence-corrected chi connectivity index (χ1v) is 8.65. The lowest BCUT2D eigenvalue weighted by atomic mass is 10.0. The van der Waals surface area contributed by atoms with Crippen molar-refractivity contribution < 1.29 is 8.42 Å². The molecule has 2 N–H and O–H groups in total. The molecule has 1 aromatic heterocycles. The van der Waals surface area contributed by atoms with Crippen LogP contribution < -0.4 is 5.32 Å². The van der Waals surface area contributed by atoms with Gasteiger partial charge < -0.3 is 5.32 Å². The molecule has 0 radical (unpaired) electrons. The van der Waals surface area contributed by atoms with Gasteiger partial charge in [0.25, 0.3) is 0 Å². The molecule has 1 aromatic rings. The van der Waals surface area contributed by atoms with E-state index in [1.165, 1.54) is 0 Å². The smallest absolute Gasteiger partial charge is 0.246 e. The van der Waals surface area contributed by atoms with Crippen LogP contribution in [0.15, 0.2) is 4.90 Å². The fraction of sp³-hybridized carbons (Fsp3) is 0.769. The number of nitrogens with one attached hydrogen (secondary N) is 2. The molecule has 0 spiro atoms. The van der Waals surface area contributed by atoms with E-state index >= 15 is 0 Å². The minimum Gasteiger partial charge on any atom is -0.311 e. The van der Waals surface area contributed by atoms with Crippen molar-refractivity contribution in [2.75, 3.05) is 19.6 Å². The number of aromatic amines is 1. The molecule has 0 aliphatic carbocycles. The third-order valence-electron chi connectivity index (χ3n) is 3.84. The highest BCUT2D eigenvalue weighted by Crippen LogP contribution is 2.26. The zero-order chi connectivity index (χ0) is 14.8. The molecule has 114 valence electrons. The van der Waals surface area contributed by atoms with E-state index in [9.17, 15) is 8.42 Å². The van der Waals surface area contributed by atoms with Gasteiger partial charge in [-0.2, -0.15) is 9.40 Å². The number of nitrogens with zero attached hydrogens (tertiary/aromatic N) is 2. The Bertz CT molecular complexity index is 545. The van der Waals surface area contributed by atoms with Gasteiger partial charge in [-0.25, -0.2) is 8.42 Å². The van der Waals surface area contributed by atoms with Crippen LogP contribution in [0.4, 0.5) is 0 Å². The lowest BCUT2D eigenvalue weighted by molar-refractivity contribution is 0.287. The first kappa shape index (κ1) is 15.5. The summed E-state index contributed by atoms with van der Waals surface area (Å²) in [6, 6.07) is 0. The molecule has 1 aliphatic heterocycles. The van der Waals surface area contributed by atoms with E-state index in [-0.39, 0.29) is 0 Å². The topological polar surface area (TPSA) is 78.1 Å². The Morgan fingerprint density at radius 2 is 2.05 bits per heavy atom. The van der Waals surface area contributed by atoms with Crippen LogP contribution in [0.2, 0.25) is 0 Å². The summed E-state index contributed by atoms with van der Waals surface area (Å²) < 4.78 is 27.2. The van der Waals surface area contributed by atoms with Gasteiger partial charge >= 0.3 is 0 Å². The molecular formula is C13H24N4O2S. The fourth-order valence-corrected chi connectivity index (χ4v) is 4.33. The third kappa shape index (κ3) is 3.05. The molecule has 1 aliphatic rings. The van der Waals surface area contributed by atoms with Crippen molar-refractivity contribution in [3.63, 3.8) is 0 Å². The molecule has 0 saturated carbocycles. The average molecular weight is 300 g/mol. The molecule has 0 amide bonds. The summed E-state index contributed by atoms with van der Waals surface area (Å²) >= 11 is 0. The van der Waals surface area contributed by atoms with Gasteiger partial charge in [0.2, 0.25) is 10.0 Å². The Morgan fingerprint density at radius 1 is 1.40 bits per heavy atom. The SMILES string of the molecule is CCNCc1n[nH]c(C)c1S(=O)(=O)N1CCC(C)CC1. The van der Waals surface area contributed by atoms with E-state index in [0.29, 0.717) is 41.8 Å². The Kier molecular flexibility index (Phi) is 4.82. The predicted molar refractivity (Wildman–Crippen MR) is 77.9 cm³/mol. The van der Waals surface area contributed by atoms with Gasteiger partial charge in [-0.1, -0.05) is 13.8 Å². The first-order chi connectivity index (χ1) is 9.46. The van der Waals surface area contributed by atoms with E-state index in [1.807, 2.05) is 6.92 Å². The van der Waals surface area contributed by atoms with Gasteiger partial charge in [0.15, 0.2) is 0 Å². The Labute approximate surface area is 121 Å². The van der Waals surface area contributed by atoms with Gasteiger partial charge in [0.05, 0.1) is 11.4 Å². The van der Waals surface area contributed by atoms with E-state index < -0.39 is 10.0 Å². The van der Waals surface area contributed by atoms with Crippen LogP contribution in [0.3, 0.4) is 0 Å². The van der Waals surface area contributed by atoms with Crippen molar-refractivity contribution in [3.05, 3.63) is 11.4 Å². The van der Waals surface area contributed by atoms with Crippen LogP contribution in [0.5, 0.6) is 0 Å². The van der Waals surface area contributed by atoms with Crippen molar-refractivity contribution in [2.45, 2.75) is 45.1 Å². The average Bonchev–Trinajstić information content (AvgIpc) is 2.78. The van der Waals surface area contributed by atoms with Crippen molar-refractivity contribution in [1.82, 2.24) is 19.8 Å². The van der Waals surface area contributed by atoms with Gasteiger partial charge in [0, 0.05) is 19.6 Å². The second-order valence-electron chi connectivity index (χ2n) is 5.49.